The summed E-state index contributed by atoms with van der Waals surface area (Å²) in [7, 11) is 1.58. The lowest BCUT2D eigenvalue weighted by Crippen LogP contribution is -2.49. The molecule has 1 atom stereocenters. The van der Waals surface area contributed by atoms with Gasteiger partial charge in [0.05, 0.1) is 16.7 Å². The lowest BCUT2D eigenvalue weighted by atomic mass is 10.0. The van der Waals surface area contributed by atoms with Crippen LogP contribution in [0.25, 0.3) is 0 Å². The highest BCUT2D eigenvalue weighted by Gasteiger charge is 2.29. The van der Waals surface area contributed by atoms with Crippen LogP contribution in [0.3, 0.4) is 0 Å². The van der Waals surface area contributed by atoms with Crippen LogP contribution in [0.5, 0.6) is 5.75 Å². The van der Waals surface area contributed by atoms with E-state index in [0.717, 1.165) is 22.4 Å². The normalized spacial score (nSPS) is 11.5. The molecule has 0 aliphatic heterocycles. The van der Waals surface area contributed by atoms with E-state index in [0.29, 0.717) is 29.5 Å². The zero-order chi connectivity index (χ0) is 25.2. The molecule has 184 valence electrons. The van der Waals surface area contributed by atoms with Crippen molar-refractivity contribution < 1.29 is 14.3 Å². The van der Waals surface area contributed by atoms with E-state index in [-0.39, 0.29) is 24.8 Å². The fourth-order valence-electron chi connectivity index (χ4n) is 3.75. The van der Waals surface area contributed by atoms with E-state index in [4.69, 9.17) is 27.9 Å². The molecule has 0 bridgehead atoms. The minimum atomic E-state index is -0.678. The molecule has 5 nitrogen and oxygen atoms in total. The summed E-state index contributed by atoms with van der Waals surface area (Å²) < 4.78 is 5.78. The SMILES string of the molecule is CNC(=O)[C@@H](Cc1ccccc1)N(Cc1ccc(Cl)c(Cl)c1)C(=O)CCCOc1ccc(C)cc1. The third-order valence-electron chi connectivity index (χ3n) is 5.68. The number of amides is 2. The molecule has 3 aromatic rings. The standard InChI is InChI=1S/C28H30Cl2N2O3/c1-20-10-13-23(14-11-20)35-16-6-9-27(33)32(19-22-12-15-24(29)25(30)17-22)26(28(34)31-2)18-21-7-4-3-5-8-21/h3-5,7-8,10-15,17,26H,6,9,16,18-19H2,1-2H3,(H,31,34)/t26-/m1/s1. The smallest absolute Gasteiger partial charge is 0.242 e. The average molecular weight is 513 g/mol. The van der Waals surface area contributed by atoms with Crippen molar-refractivity contribution >= 4 is 35.0 Å². The number of halogens is 2. The second-order valence-corrected chi connectivity index (χ2v) is 9.17. The summed E-state index contributed by atoms with van der Waals surface area (Å²) >= 11 is 12.3. The molecule has 0 aliphatic carbocycles. The van der Waals surface area contributed by atoms with Crippen molar-refractivity contribution in [3.05, 3.63) is 99.5 Å². The summed E-state index contributed by atoms with van der Waals surface area (Å²) in [5.41, 5.74) is 2.92. The minimum Gasteiger partial charge on any atom is -0.494 e. The molecule has 0 unspecified atom stereocenters. The number of hydrogen-bond donors (Lipinski definition) is 1. The van der Waals surface area contributed by atoms with Gasteiger partial charge in [0.25, 0.3) is 0 Å². The molecule has 0 heterocycles. The van der Waals surface area contributed by atoms with Crippen molar-refractivity contribution in [3.8, 4) is 5.75 Å². The zero-order valence-corrected chi connectivity index (χ0v) is 21.5. The average Bonchev–Trinajstić information content (AvgIpc) is 2.87. The Bertz CT molecular complexity index is 1120. The molecule has 0 saturated carbocycles. The Labute approximate surface area is 217 Å². The second-order valence-electron chi connectivity index (χ2n) is 8.35. The number of hydrogen-bond acceptors (Lipinski definition) is 3. The van der Waals surface area contributed by atoms with Crippen molar-refractivity contribution in [2.24, 2.45) is 0 Å². The van der Waals surface area contributed by atoms with Gasteiger partial charge in [0.15, 0.2) is 0 Å². The van der Waals surface area contributed by atoms with E-state index < -0.39 is 6.04 Å². The Hall–Kier alpha value is -3.02. The molecule has 0 radical (unpaired) electrons. The van der Waals surface area contributed by atoms with E-state index in [9.17, 15) is 9.59 Å². The Kier molecular flexibility index (Phi) is 10.0. The number of rotatable bonds is 11. The van der Waals surface area contributed by atoms with Gasteiger partial charge in [-0.2, -0.15) is 0 Å². The van der Waals surface area contributed by atoms with Gasteiger partial charge >= 0.3 is 0 Å². The maximum Gasteiger partial charge on any atom is 0.242 e. The van der Waals surface area contributed by atoms with Crippen LogP contribution in [-0.2, 0) is 22.6 Å². The van der Waals surface area contributed by atoms with Crippen LogP contribution in [-0.4, -0.2) is 36.4 Å². The molecule has 3 aromatic carbocycles. The van der Waals surface area contributed by atoms with Crippen LogP contribution >= 0.6 is 23.2 Å². The molecule has 0 fully saturated rings. The van der Waals surface area contributed by atoms with Gasteiger partial charge in [-0.15, -0.1) is 0 Å². The Morgan fingerprint density at radius 3 is 2.31 bits per heavy atom. The van der Waals surface area contributed by atoms with Crippen LogP contribution < -0.4 is 10.1 Å². The van der Waals surface area contributed by atoms with Gasteiger partial charge in [-0.1, -0.05) is 77.3 Å². The first-order chi connectivity index (χ1) is 16.9. The summed E-state index contributed by atoms with van der Waals surface area (Å²) in [6, 6.07) is 22.0. The molecule has 0 aromatic heterocycles. The molecule has 7 heteroatoms. The highest BCUT2D eigenvalue weighted by atomic mass is 35.5. The number of nitrogens with one attached hydrogen (secondary N) is 1. The highest BCUT2D eigenvalue weighted by Crippen LogP contribution is 2.24. The Morgan fingerprint density at radius 1 is 0.943 bits per heavy atom. The van der Waals surface area contributed by atoms with E-state index >= 15 is 0 Å². The van der Waals surface area contributed by atoms with Gasteiger partial charge in [0, 0.05) is 26.4 Å². The third-order valence-corrected chi connectivity index (χ3v) is 6.42. The predicted molar refractivity (Wildman–Crippen MR) is 141 cm³/mol. The van der Waals surface area contributed by atoms with E-state index in [2.05, 4.69) is 5.32 Å². The van der Waals surface area contributed by atoms with Crippen LogP contribution in [0.1, 0.15) is 29.5 Å². The predicted octanol–water partition coefficient (Wildman–Crippen LogP) is 5.85. The Morgan fingerprint density at radius 2 is 1.66 bits per heavy atom. The van der Waals surface area contributed by atoms with Crippen molar-refractivity contribution in [2.45, 2.75) is 38.8 Å². The number of likely N-dealkylation sites (N-methyl/N-ethyl adjacent to an activating group) is 1. The monoisotopic (exact) mass is 512 g/mol. The minimum absolute atomic E-state index is 0.131. The lowest BCUT2D eigenvalue weighted by Gasteiger charge is -2.31. The molecule has 0 aliphatic rings. The van der Waals surface area contributed by atoms with Crippen LogP contribution in [0.2, 0.25) is 10.0 Å². The Balaban J connectivity index is 1.76. The summed E-state index contributed by atoms with van der Waals surface area (Å²) in [4.78, 5) is 28.0. The van der Waals surface area contributed by atoms with Crippen molar-refractivity contribution in [3.63, 3.8) is 0 Å². The van der Waals surface area contributed by atoms with Gasteiger partial charge in [0.1, 0.15) is 11.8 Å². The van der Waals surface area contributed by atoms with Gasteiger partial charge in [-0.25, -0.2) is 0 Å². The maximum absolute atomic E-state index is 13.4. The molecule has 0 spiro atoms. The number of aryl methyl sites for hydroxylation is 1. The number of carbonyl (C=O) groups is 2. The zero-order valence-electron chi connectivity index (χ0n) is 20.0. The largest absolute Gasteiger partial charge is 0.494 e. The summed E-state index contributed by atoms with van der Waals surface area (Å²) in [5.74, 6) is 0.411. The number of nitrogens with zero attached hydrogens (tertiary/aromatic N) is 1. The summed E-state index contributed by atoms with van der Waals surface area (Å²) in [5, 5.41) is 3.56. The van der Waals surface area contributed by atoms with Gasteiger partial charge in [-0.05, 0) is 48.7 Å². The first kappa shape index (κ1) is 26.6. The quantitative estimate of drug-likeness (QED) is 0.328. The lowest BCUT2D eigenvalue weighted by molar-refractivity contribution is -0.141. The highest BCUT2D eigenvalue weighted by molar-refractivity contribution is 6.42. The fraction of sp³-hybridized carbons (Fsp3) is 0.286. The second kappa shape index (κ2) is 13.2. The van der Waals surface area contributed by atoms with Crippen LogP contribution in [0.4, 0.5) is 0 Å². The topological polar surface area (TPSA) is 58.6 Å². The molecule has 2 amide bonds. The number of benzene rings is 3. The molecule has 0 saturated heterocycles. The van der Waals surface area contributed by atoms with Crippen molar-refractivity contribution in [1.29, 1.82) is 0 Å². The van der Waals surface area contributed by atoms with Gasteiger partial charge in [-0.3, -0.25) is 9.59 Å². The van der Waals surface area contributed by atoms with Gasteiger partial charge < -0.3 is 15.0 Å². The first-order valence-corrected chi connectivity index (χ1v) is 12.3. The summed E-state index contributed by atoms with van der Waals surface area (Å²) in [6.07, 6.45) is 1.17. The van der Waals surface area contributed by atoms with Crippen LogP contribution in [0.15, 0.2) is 72.8 Å². The number of ether oxygens (including phenoxy) is 1. The molecule has 35 heavy (non-hydrogen) atoms. The third kappa shape index (κ3) is 8.01. The van der Waals surface area contributed by atoms with Crippen molar-refractivity contribution in [2.75, 3.05) is 13.7 Å². The molecular weight excluding hydrogens is 483 g/mol. The van der Waals surface area contributed by atoms with Crippen molar-refractivity contribution in [1.82, 2.24) is 10.2 Å². The van der Waals surface area contributed by atoms with Crippen LogP contribution in [0, 0.1) is 6.92 Å². The summed E-state index contributed by atoms with van der Waals surface area (Å²) in [6.45, 7) is 2.65. The molecule has 1 N–H and O–H groups in total. The maximum atomic E-state index is 13.4. The van der Waals surface area contributed by atoms with E-state index in [1.807, 2.05) is 67.6 Å². The van der Waals surface area contributed by atoms with E-state index in [1.165, 1.54) is 0 Å². The molecule has 3 rings (SSSR count). The molecular formula is C28H30Cl2N2O3. The number of carbonyl (C=O) groups excluding carboxylic acids is 2. The van der Waals surface area contributed by atoms with E-state index in [1.54, 1.807) is 24.1 Å². The first-order valence-electron chi connectivity index (χ1n) is 11.6. The fourth-order valence-corrected chi connectivity index (χ4v) is 4.07. The van der Waals surface area contributed by atoms with Gasteiger partial charge in [0.2, 0.25) is 11.8 Å².